The number of aromatic nitrogens is 3. The third kappa shape index (κ3) is 10.6. The first kappa shape index (κ1) is 50.9. The average Bonchev–Trinajstić information content (AvgIpc) is 3.76. The Labute approximate surface area is 457 Å². The number of phenolic OH excluding ortho intramolecular Hbond substituents is 1. The van der Waals surface area contributed by atoms with Crippen LogP contribution in [-0.4, -0.2) is 19.6 Å². The van der Waals surface area contributed by atoms with E-state index in [9.17, 15) is 9.22 Å². The van der Waals surface area contributed by atoms with E-state index in [1.54, 1.807) is 0 Å². The van der Waals surface area contributed by atoms with Crippen molar-refractivity contribution in [3.05, 3.63) is 166 Å². The Balaban J connectivity index is 0.00000840. The smallest absolute Gasteiger partial charge is 0.148 e. The molecule has 0 fully saturated rings. The third-order valence-electron chi connectivity index (χ3n) is 16.2. The van der Waals surface area contributed by atoms with E-state index in [-0.39, 0.29) is 54.0 Å². The van der Waals surface area contributed by atoms with Crippen LogP contribution in [0.25, 0.3) is 72.7 Å². The van der Waals surface area contributed by atoms with Crippen LogP contribution in [0.15, 0.2) is 121 Å². The summed E-state index contributed by atoms with van der Waals surface area (Å²) in [7, 11) is 0. The number of hydrogen-bond acceptors (Lipinski definition) is 3. The predicted octanol–water partition coefficient (Wildman–Crippen LogP) is 18.9. The minimum Gasteiger partial charge on any atom is -0.507 e. The monoisotopic (exact) mass is 1150 g/mol. The number of fused-ring (bicyclic) bond motifs is 1. The number of aryl methyl sites for hydroxylation is 2. The first-order chi connectivity index (χ1) is 35.1. The molecule has 0 aliphatic rings. The zero-order chi connectivity index (χ0) is 54.8. The van der Waals surface area contributed by atoms with Crippen molar-refractivity contribution >= 4 is 11.0 Å². The van der Waals surface area contributed by atoms with Gasteiger partial charge in [-0.05, 0) is 141 Å². The second kappa shape index (κ2) is 20.6. The molecule has 2 heterocycles. The molecule has 4 nitrogen and oxygen atoms in total. The van der Waals surface area contributed by atoms with Gasteiger partial charge in [-0.25, -0.2) is 4.98 Å². The van der Waals surface area contributed by atoms with Crippen LogP contribution in [0.5, 0.6) is 5.75 Å². The van der Waals surface area contributed by atoms with Crippen LogP contribution in [0.1, 0.15) is 173 Å². The van der Waals surface area contributed by atoms with Crippen LogP contribution in [0.4, 0.5) is 0 Å². The molecule has 8 rings (SSSR count). The molecule has 0 aliphatic carbocycles. The molecule has 6 aromatic carbocycles. The Hall–Kier alpha value is -5.57. The van der Waals surface area contributed by atoms with E-state index in [1.807, 2.05) is 41.1 Å². The second-order valence-corrected chi connectivity index (χ2v) is 24.1. The fraction of sp³-hybridized carbons (Fsp3) is 0.382. The number of rotatable bonds is 12. The normalized spacial score (nSPS) is 13.4. The molecular weight excluding hydrogens is 1070 g/mol. The SMILES string of the molecule is [2H]C([2H])([2H])c1cc(-c2c(C(C)(CC)CC)cccc2C(C)(CC)CC)ccc1-n1c(-c2cc(C(C)(C)C)cc(C(C)(C)C)c2O)nc2c(-c3[c-]c(-c4cc(-c5ccc(C)cc5)ccn4)cc(C(C)(C)C)c3)cccc21.[Pt]. The number of pyridine rings is 1. The zero-order valence-corrected chi connectivity index (χ0v) is 48.8. The Morgan fingerprint density at radius 3 is 1.73 bits per heavy atom. The summed E-state index contributed by atoms with van der Waals surface area (Å²) >= 11 is 0. The van der Waals surface area contributed by atoms with Crippen molar-refractivity contribution in [2.45, 2.75) is 170 Å². The Kier molecular flexibility index (Phi) is 14.4. The Morgan fingerprint density at radius 2 is 1.15 bits per heavy atom. The molecule has 0 aliphatic heterocycles. The van der Waals surface area contributed by atoms with Crippen LogP contribution >= 0.6 is 0 Å². The number of imidazole rings is 1. The van der Waals surface area contributed by atoms with Gasteiger partial charge in [0.15, 0.2) is 0 Å². The summed E-state index contributed by atoms with van der Waals surface area (Å²) in [6, 6.07) is 44.0. The number of hydrogen-bond donors (Lipinski definition) is 1. The van der Waals surface area contributed by atoms with Gasteiger partial charge in [-0.2, -0.15) is 0 Å². The number of phenols is 1. The number of aromatic hydroxyl groups is 1. The summed E-state index contributed by atoms with van der Waals surface area (Å²) in [5, 5.41) is 12.7. The van der Waals surface area contributed by atoms with Gasteiger partial charge in [0.1, 0.15) is 11.6 Å². The molecule has 0 unspecified atom stereocenters. The molecule has 0 atom stereocenters. The van der Waals surface area contributed by atoms with Crippen molar-refractivity contribution in [2.75, 3.05) is 0 Å². The first-order valence-corrected chi connectivity index (χ1v) is 26.4. The summed E-state index contributed by atoms with van der Waals surface area (Å²) in [4.78, 5) is 10.5. The first-order valence-electron chi connectivity index (χ1n) is 27.9. The summed E-state index contributed by atoms with van der Waals surface area (Å²) in [5.74, 6) is 0.582. The van der Waals surface area contributed by atoms with E-state index in [0.29, 0.717) is 28.1 Å². The van der Waals surface area contributed by atoms with Crippen LogP contribution in [-0.2, 0) is 48.1 Å². The van der Waals surface area contributed by atoms with E-state index in [1.165, 1.54) is 16.7 Å². The van der Waals surface area contributed by atoms with Gasteiger partial charge in [0.2, 0.25) is 0 Å². The van der Waals surface area contributed by atoms with Crippen molar-refractivity contribution < 1.29 is 30.3 Å². The molecule has 0 saturated carbocycles. The summed E-state index contributed by atoms with van der Waals surface area (Å²) in [6.07, 6.45) is 5.62. The molecule has 8 aromatic rings. The fourth-order valence-corrected chi connectivity index (χ4v) is 10.4. The van der Waals surface area contributed by atoms with Gasteiger partial charge < -0.3 is 5.11 Å². The summed E-state index contributed by atoms with van der Waals surface area (Å²) in [5.41, 5.74) is 15.5. The van der Waals surface area contributed by atoms with Gasteiger partial charge in [-0.1, -0.05) is 193 Å². The maximum Gasteiger partial charge on any atom is 0.148 e. The Morgan fingerprint density at radius 1 is 0.575 bits per heavy atom. The maximum absolute atomic E-state index is 12.7. The minimum atomic E-state index is -2.54. The third-order valence-corrected chi connectivity index (χ3v) is 16.2. The van der Waals surface area contributed by atoms with Crippen LogP contribution in [0, 0.1) is 19.8 Å². The quantitative estimate of drug-likeness (QED) is 0.124. The van der Waals surface area contributed by atoms with Crippen molar-refractivity contribution in [3.63, 3.8) is 0 Å². The summed E-state index contributed by atoms with van der Waals surface area (Å²) in [6.45, 7) is 32.8. The molecule has 0 saturated heterocycles. The number of benzene rings is 6. The molecule has 0 spiro atoms. The van der Waals surface area contributed by atoms with E-state index in [4.69, 9.17) is 9.97 Å². The average molecular weight is 1150 g/mol. The van der Waals surface area contributed by atoms with Crippen molar-refractivity contribution in [1.82, 2.24) is 14.5 Å². The molecule has 0 amide bonds. The topological polar surface area (TPSA) is 50.9 Å². The van der Waals surface area contributed by atoms with E-state index in [0.717, 1.165) is 87.0 Å². The molecule has 5 heteroatoms. The van der Waals surface area contributed by atoms with E-state index < -0.39 is 12.3 Å². The van der Waals surface area contributed by atoms with E-state index in [2.05, 4.69) is 202 Å². The van der Waals surface area contributed by atoms with Crippen LogP contribution in [0.2, 0.25) is 0 Å². The Bertz CT molecular complexity index is 3370. The number of para-hydroxylation sites is 1. The largest absolute Gasteiger partial charge is 0.507 e. The van der Waals surface area contributed by atoms with Gasteiger partial charge in [-0.3, -0.25) is 9.55 Å². The van der Waals surface area contributed by atoms with Gasteiger partial charge in [0.05, 0.1) is 22.3 Å². The standard InChI is InChI=1S/C68H80N3O.Pt/c1-18-67(16,19-2)54-25-23-26-55(68(17,20-3)21-4)60(54)47-32-33-58(44(6)36-47)71-59-27-22-24-52(61(59)70-63(71)53-41-51(65(10,11)12)42-56(62(53)72)66(13,14)15)48-37-49(39-50(38-48)64(7,8)9)57-40-46(34-35-69-57)45-30-28-43(5)29-31-45;/h22-36,38-42,72H,18-21H2,1-17H3;/q-1;/i6D3;. The van der Waals surface area contributed by atoms with Gasteiger partial charge in [0.25, 0.3) is 0 Å². The molecule has 73 heavy (non-hydrogen) atoms. The van der Waals surface area contributed by atoms with E-state index >= 15 is 0 Å². The van der Waals surface area contributed by atoms with Crippen LogP contribution < -0.4 is 0 Å². The van der Waals surface area contributed by atoms with Gasteiger partial charge >= 0.3 is 0 Å². The van der Waals surface area contributed by atoms with Crippen molar-refractivity contribution in [1.29, 1.82) is 0 Å². The summed E-state index contributed by atoms with van der Waals surface area (Å²) < 4.78 is 30.2. The predicted molar refractivity (Wildman–Crippen MR) is 308 cm³/mol. The van der Waals surface area contributed by atoms with Crippen molar-refractivity contribution in [3.8, 4) is 67.5 Å². The van der Waals surface area contributed by atoms with Crippen molar-refractivity contribution in [2.24, 2.45) is 0 Å². The molecule has 0 radical (unpaired) electrons. The van der Waals surface area contributed by atoms with Crippen LogP contribution in [0.3, 0.4) is 0 Å². The molecule has 384 valence electrons. The minimum absolute atomic E-state index is 0. The molecule has 1 N–H and O–H groups in total. The molecular formula is C68H80N3OPt-. The van der Waals surface area contributed by atoms with Gasteiger partial charge in [-0.15, -0.1) is 29.3 Å². The second-order valence-electron chi connectivity index (χ2n) is 24.1. The fourth-order valence-electron chi connectivity index (χ4n) is 10.4. The zero-order valence-electron chi connectivity index (χ0n) is 49.5. The van der Waals surface area contributed by atoms with Gasteiger partial charge in [0, 0.05) is 42.6 Å². The maximum atomic E-state index is 12.7. The molecule has 0 bridgehead atoms. The number of nitrogens with zero attached hydrogens (tertiary/aromatic N) is 3. The molecule has 2 aromatic heterocycles.